The Kier molecular flexibility index (Phi) is 5.12. The molecule has 0 saturated carbocycles. The molecule has 2 unspecified atom stereocenters. The minimum Gasteiger partial charge on any atom is -0.460 e. The number of aldehydes is 1. The Morgan fingerprint density at radius 1 is 1.47 bits per heavy atom. The van der Waals surface area contributed by atoms with Gasteiger partial charge >= 0.3 is 5.97 Å². The van der Waals surface area contributed by atoms with Gasteiger partial charge in [-0.25, -0.2) is 0 Å². The van der Waals surface area contributed by atoms with Gasteiger partial charge in [-0.3, -0.25) is 4.79 Å². The zero-order chi connectivity index (χ0) is 12.9. The first-order valence-corrected chi connectivity index (χ1v) is 6.31. The molecule has 98 valence electrons. The predicted molar refractivity (Wildman–Crippen MR) is 65.6 cm³/mol. The zero-order valence-corrected chi connectivity index (χ0v) is 11.0. The van der Waals surface area contributed by atoms with Crippen molar-refractivity contribution in [3.8, 4) is 0 Å². The van der Waals surface area contributed by atoms with Crippen molar-refractivity contribution in [2.45, 2.75) is 45.6 Å². The summed E-state index contributed by atoms with van der Waals surface area (Å²) in [6, 6.07) is 0. The van der Waals surface area contributed by atoms with Crippen LogP contribution in [0.3, 0.4) is 0 Å². The van der Waals surface area contributed by atoms with Crippen LogP contribution in [0.25, 0.3) is 0 Å². The number of nitrogens with one attached hydrogen (secondary N) is 1. The van der Waals surface area contributed by atoms with E-state index in [1.54, 1.807) is 0 Å². The predicted octanol–water partition coefficient (Wildman–Crippen LogP) is 1.53. The average Bonchev–Trinajstić information content (AvgIpc) is 2.24. The fourth-order valence-electron chi connectivity index (χ4n) is 2.19. The van der Waals surface area contributed by atoms with Gasteiger partial charge in [0.05, 0.1) is 5.92 Å². The smallest absolute Gasteiger partial charge is 0.311 e. The van der Waals surface area contributed by atoms with Gasteiger partial charge in [0.1, 0.15) is 11.9 Å². The van der Waals surface area contributed by atoms with Crippen LogP contribution >= 0.6 is 0 Å². The van der Waals surface area contributed by atoms with Crippen LogP contribution in [0.5, 0.6) is 0 Å². The molecular weight excluding hydrogens is 218 g/mol. The number of esters is 1. The van der Waals surface area contributed by atoms with Gasteiger partial charge in [0, 0.05) is 13.0 Å². The summed E-state index contributed by atoms with van der Waals surface area (Å²) in [5.41, 5.74) is -0.441. The van der Waals surface area contributed by atoms with E-state index < -0.39 is 5.60 Å². The van der Waals surface area contributed by atoms with E-state index in [-0.39, 0.29) is 17.8 Å². The van der Waals surface area contributed by atoms with E-state index in [2.05, 4.69) is 5.32 Å². The van der Waals surface area contributed by atoms with Gasteiger partial charge < -0.3 is 14.8 Å². The van der Waals surface area contributed by atoms with Gasteiger partial charge in [0.25, 0.3) is 0 Å². The van der Waals surface area contributed by atoms with E-state index in [9.17, 15) is 9.59 Å². The maximum atomic E-state index is 12.0. The maximum absolute atomic E-state index is 12.0. The molecule has 0 aromatic heterocycles. The lowest BCUT2D eigenvalue weighted by Gasteiger charge is -2.32. The zero-order valence-electron chi connectivity index (χ0n) is 11.0. The van der Waals surface area contributed by atoms with E-state index in [4.69, 9.17) is 4.74 Å². The van der Waals surface area contributed by atoms with Crippen molar-refractivity contribution >= 4 is 12.3 Å². The number of hydrogen-bond acceptors (Lipinski definition) is 4. The average molecular weight is 241 g/mol. The number of piperidine rings is 1. The van der Waals surface area contributed by atoms with Gasteiger partial charge in [-0.15, -0.1) is 0 Å². The number of hydrogen-bond donors (Lipinski definition) is 1. The van der Waals surface area contributed by atoms with Crippen molar-refractivity contribution in [2.75, 3.05) is 13.1 Å². The Labute approximate surface area is 103 Å². The maximum Gasteiger partial charge on any atom is 0.311 e. The Bertz CT molecular complexity index is 270. The van der Waals surface area contributed by atoms with Crippen LogP contribution in [0.1, 0.15) is 40.0 Å². The molecule has 1 N–H and O–H groups in total. The summed E-state index contributed by atoms with van der Waals surface area (Å²) in [5, 5.41) is 3.22. The van der Waals surface area contributed by atoms with Gasteiger partial charge in [0.15, 0.2) is 0 Å². The third-order valence-electron chi connectivity index (χ3n) is 2.99. The van der Waals surface area contributed by atoms with Crippen LogP contribution in [0.4, 0.5) is 0 Å². The largest absolute Gasteiger partial charge is 0.460 e. The highest BCUT2D eigenvalue weighted by atomic mass is 16.6. The van der Waals surface area contributed by atoms with Gasteiger partial charge in [0.2, 0.25) is 0 Å². The molecule has 1 saturated heterocycles. The lowest BCUT2D eigenvalue weighted by atomic mass is 9.83. The van der Waals surface area contributed by atoms with E-state index in [1.807, 2.05) is 20.8 Å². The van der Waals surface area contributed by atoms with Crippen molar-refractivity contribution in [1.82, 2.24) is 5.32 Å². The normalized spacial score (nSPS) is 25.4. The quantitative estimate of drug-likeness (QED) is 0.599. The second kappa shape index (κ2) is 6.15. The third kappa shape index (κ3) is 4.86. The number of carbonyl (C=O) groups is 2. The van der Waals surface area contributed by atoms with E-state index >= 15 is 0 Å². The molecule has 1 rings (SSSR count). The summed E-state index contributed by atoms with van der Waals surface area (Å²) in [6.45, 7) is 7.21. The molecule has 4 heteroatoms. The molecule has 0 aromatic rings. The summed E-state index contributed by atoms with van der Waals surface area (Å²) in [4.78, 5) is 22.5. The van der Waals surface area contributed by atoms with Gasteiger partial charge in [-0.2, -0.15) is 0 Å². The van der Waals surface area contributed by atoms with Crippen LogP contribution in [-0.2, 0) is 14.3 Å². The molecule has 4 nitrogen and oxygen atoms in total. The van der Waals surface area contributed by atoms with E-state index in [0.717, 1.165) is 25.7 Å². The monoisotopic (exact) mass is 241 g/mol. The van der Waals surface area contributed by atoms with Crippen molar-refractivity contribution in [3.05, 3.63) is 0 Å². The molecule has 0 radical (unpaired) electrons. The number of carbonyl (C=O) groups excluding carboxylic acids is 2. The highest BCUT2D eigenvalue weighted by molar-refractivity contribution is 5.73. The van der Waals surface area contributed by atoms with Crippen molar-refractivity contribution in [1.29, 1.82) is 0 Å². The fourth-order valence-corrected chi connectivity index (χ4v) is 2.19. The minimum atomic E-state index is -0.441. The fraction of sp³-hybridized carbons (Fsp3) is 0.846. The van der Waals surface area contributed by atoms with Crippen molar-refractivity contribution < 1.29 is 14.3 Å². The molecule has 1 heterocycles. The highest BCUT2D eigenvalue weighted by Crippen LogP contribution is 2.26. The summed E-state index contributed by atoms with van der Waals surface area (Å²) in [5.74, 6) is 0.0276. The first kappa shape index (κ1) is 14.2. The second-order valence-corrected chi connectivity index (χ2v) is 5.64. The lowest BCUT2D eigenvalue weighted by molar-refractivity contribution is -0.162. The molecule has 0 aromatic carbocycles. The molecule has 0 aliphatic carbocycles. The van der Waals surface area contributed by atoms with Crippen LogP contribution in [0.15, 0.2) is 0 Å². The van der Waals surface area contributed by atoms with Crippen LogP contribution in [0, 0.1) is 11.8 Å². The van der Waals surface area contributed by atoms with E-state index in [1.165, 1.54) is 0 Å². The molecule has 0 bridgehead atoms. The Morgan fingerprint density at radius 2 is 2.18 bits per heavy atom. The minimum absolute atomic E-state index is 0.108. The van der Waals surface area contributed by atoms with Crippen LogP contribution < -0.4 is 5.32 Å². The summed E-state index contributed by atoms with van der Waals surface area (Å²) in [6.07, 6.45) is 3.19. The Morgan fingerprint density at radius 3 is 2.76 bits per heavy atom. The Balaban J connectivity index is 2.57. The van der Waals surface area contributed by atoms with Crippen molar-refractivity contribution in [3.63, 3.8) is 0 Å². The highest BCUT2D eigenvalue weighted by Gasteiger charge is 2.33. The molecule has 0 spiro atoms. The molecule has 1 aliphatic rings. The van der Waals surface area contributed by atoms with Crippen molar-refractivity contribution in [2.24, 2.45) is 11.8 Å². The van der Waals surface area contributed by atoms with Gasteiger partial charge in [-0.05, 0) is 46.1 Å². The molecule has 0 amide bonds. The molecule has 1 aliphatic heterocycles. The lowest BCUT2D eigenvalue weighted by Crippen LogP contribution is -2.43. The molecule has 17 heavy (non-hydrogen) atoms. The summed E-state index contributed by atoms with van der Waals surface area (Å²) >= 11 is 0. The molecule has 1 fully saturated rings. The first-order valence-electron chi connectivity index (χ1n) is 6.31. The van der Waals surface area contributed by atoms with Gasteiger partial charge in [-0.1, -0.05) is 0 Å². The third-order valence-corrected chi connectivity index (χ3v) is 2.99. The van der Waals surface area contributed by atoms with Crippen LogP contribution in [-0.4, -0.2) is 30.9 Å². The Hall–Kier alpha value is -0.900. The molecular formula is C13H23NO3. The second-order valence-electron chi connectivity index (χ2n) is 5.64. The number of ether oxygens (including phenoxy) is 1. The molecule has 2 atom stereocenters. The SMILES string of the molecule is CC(C)(C)OC(=O)C1CNCCC1CCC=O. The number of rotatable bonds is 4. The summed E-state index contributed by atoms with van der Waals surface area (Å²) in [7, 11) is 0. The standard InChI is InChI=1S/C13H23NO3/c1-13(2,3)17-12(16)11-9-14-7-6-10(11)5-4-8-15/h8,10-11,14H,4-7,9H2,1-3H3. The van der Waals surface area contributed by atoms with E-state index in [0.29, 0.717) is 13.0 Å². The van der Waals surface area contributed by atoms with Crippen LogP contribution in [0.2, 0.25) is 0 Å². The topological polar surface area (TPSA) is 55.4 Å². The summed E-state index contributed by atoms with van der Waals surface area (Å²) < 4.78 is 5.42. The first-order chi connectivity index (χ1) is 7.94.